The number of aryl methyl sites for hydroxylation is 1. The lowest BCUT2D eigenvalue weighted by Crippen LogP contribution is -2.41. The van der Waals surface area contributed by atoms with E-state index >= 15 is 0 Å². The van der Waals surface area contributed by atoms with Crippen molar-refractivity contribution >= 4 is 35.4 Å². The van der Waals surface area contributed by atoms with Gasteiger partial charge in [-0.3, -0.25) is 0 Å². The maximum absolute atomic E-state index is 6.10. The fraction of sp³-hybridized carbons (Fsp3) is 0.381. The molecule has 1 N–H and O–H groups in total. The quantitative estimate of drug-likeness (QED) is 0.694. The van der Waals surface area contributed by atoms with E-state index in [0.717, 1.165) is 28.7 Å². The van der Waals surface area contributed by atoms with Gasteiger partial charge in [0.15, 0.2) is 5.58 Å². The number of hydrogen-bond acceptors (Lipinski definition) is 5. The second kappa shape index (κ2) is 6.39. The molecule has 1 aliphatic rings. The van der Waals surface area contributed by atoms with Crippen LogP contribution in [0.2, 0.25) is 0 Å². The monoisotopic (exact) mass is 364 g/mol. The Balaban J connectivity index is 1.50. The third-order valence-corrected chi connectivity index (χ3v) is 5.55. The molecule has 0 bridgehead atoms. The molecule has 2 heterocycles. The second-order valence-corrected chi connectivity index (χ2v) is 8.01. The fourth-order valence-electron chi connectivity index (χ4n) is 3.07. The van der Waals surface area contributed by atoms with Gasteiger partial charge in [0, 0.05) is 5.69 Å². The fourth-order valence-corrected chi connectivity index (χ4v) is 3.07. The van der Waals surface area contributed by atoms with E-state index in [-0.39, 0.29) is 18.3 Å². The topological polar surface area (TPSA) is 56.5 Å². The molecule has 0 spiro atoms. The lowest BCUT2D eigenvalue weighted by molar-refractivity contribution is 0.00578. The van der Waals surface area contributed by atoms with Crippen LogP contribution in [-0.2, 0) is 15.7 Å². The Hall–Kier alpha value is -2.31. The van der Waals surface area contributed by atoms with Gasteiger partial charge in [-0.2, -0.15) is 4.98 Å². The van der Waals surface area contributed by atoms with Gasteiger partial charge in [0.2, 0.25) is 0 Å². The maximum atomic E-state index is 6.10. The maximum Gasteiger partial charge on any atom is 0.494 e. The van der Waals surface area contributed by atoms with Gasteiger partial charge in [-0.25, -0.2) is 0 Å². The number of oxazole rings is 1. The van der Waals surface area contributed by atoms with Crippen LogP contribution in [0.25, 0.3) is 11.1 Å². The summed E-state index contributed by atoms with van der Waals surface area (Å²) in [5, 5.41) is 3.22. The van der Waals surface area contributed by atoms with Crippen LogP contribution in [0.5, 0.6) is 0 Å². The van der Waals surface area contributed by atoms with Crippen LogP contribution in [0.15, 0.2) is 46.9 Å². The first kappa shape index (κ1) is 18.1. The first-order valence-corrected chi connectivity index (χ1v) is 9.39. The number of anilines is 2. The molecular formula is C21H25BN2O3. The van der Waals surface area contributed by atoms with E-state index in [0.29, 0.717) is 6.01 Å². The average Bonchev–Trinajstić information content (AvgIpc) is 3.11. The van der Waals surface area contributed by atoms with Gasteiger partial charge in [0.25, 0.3) is 6.01 Å². The molecule has 1 aliphatic heterocycles. The molecule has 140 valence electrons. The molecule has 1 aromatic heterocycles. The molecule has 27 heavy (non-hydrogen) atoms. The predicted molar refractivity (Wildman–Crippen MR) is 109 cm³/mol. The van der Waals surface area contributed by atoms with Gasteiger partial charge in [-0.1, -0.05) is 25.1 Å². The van der Waals surface area contributed by atoms with Gasteiger partial charge in [-0.05, 0) is 69.4 Å². The molecule has 6 heteroatoms. The summed E-state index contributed by atoms with van der Waals surface area (Å²) in [5.74, 6) is 0. The van der Waals surface area contributed by atoms with E-state index in [2.05, 4.69) is 57.1 Å². The highest BCUT2D eigenvalue weighted by molar-refractivity contribution is 6.62. The van der Waals surface area contributed by atoms with Crippen LogP contribution in [0.1, 0.15) is 40.2 Å². The zero-order chi connectivity index (χ0) is 19.2. The second-order valence-electron chi connectivity index (χ2n) is 8.01. The van der Waals surface area contributed by atoms with Gasteiger partial charge in [-0.15, -0.1) is 0 Å². The molecule has 0 amide bonds. The Morgan fingerprint density at radius 1 is 0.963 bits per heavy atom. The van der Waals surface area contributed by atoms with Crippen LogP contribution >= 0.6 is 0 Å². The Labute approximate surface area is 160 Å². The Morgan fingerprint density at radius 2 is 1.63 bits per heavy atom. The van der Waals surface area contributed by atoms with E-state index < -0.39 is 0 Å². The molecule has 4 rings (SSSR count). The molecule has 3 aromatic rings. The highest BCUT2D eigenvalue weighted by atomic mass is 16.7. The van der Waals surface area contributed by atoms with Crippen molar-refractivity contribution in [1.82, 2.24) is 4.98 Å². The predicted octanol–water partition coefficient (Wildman–Crippen LogP) is 4.43. The van der Waals surface area contributed by atoms with Crippen molar-refractivity contribution in [2.24, 2.45) is 0 Å². The molecule has 0 atom stereocenters. The van der Waals surface area contributed by atoms with Crippen molar-refractivity contribution in [3.05, 3.63) is 48.0 Å². The summed E-state index contributed by atoms with van der Waals surface area (Å²) < 4.78 is 18.0. The molecule has 2 aromatic carbocycles. The van der Waals surface area contributed by atoms with E-state index in [1.807, 2.05) is 30.3 Å². The van der Waals surface area contributed by atoms with Crippen molar-refractivity contribution in [3.63, 3.8) is 0 Å². The average molecular weight is 364 g/mol. The van der Waals surface area contributed by atoms with Gasteiger partial charge < -0.3 is 19.0 Å². The minimum Gasteiger partial charge on any atom is -0.423 e. The number of fused-ring (bicyclic) bond motifs is 1. The van der Waals surface area contributed by atoms with Crippen LogP contribution in [0.4, 0.5) is 11.7 Å². The summed E-state index contributed by atoms with van der Waals surface area (Å²) in [4.78, 5) is 4.53. The van der Waals surface area contributed by atoms with Crippen molar-refractivity contribution < 1.29 is 13.7 Å². The molecular weight excluding hydrogens is 339 g/mol. The molecule has 1 fully saturated rings. The van der Waals surface area contributed by atoms with Crippen LogP contribution in [0, 0.1) is 0 Å². The molecule has 1 saturated heterocycles. The van der Waals surface area contributed by atoms with Crippen molar-refractivity contribution in [3.8, 4) is 0 Å². The number of nitrogens with zero attached hydrogens (tertiary/aromatic N) is 1. The largest absolute Gasteiger partial charge is 0.494 e. The third kappa shape index (κ3) is 3.35. The minimum atomic E-state index is -0.360. The van der Waals surface area contributed by atoms with Crippen LogP contribution < -0.4 is 10.8 Å². The normalized spacial score (nSPS) is 18.2. The van der Waals surface area contributed by atoms with Gasteiger partial charge in [0.05, 0.1) is 11.2 Å². The summed E-state index contributed by atoms with van der Waals surface area (Å²) in [6.07, 6.45) is 0.978. The first-order chi connectivity index (χ1) is 12.8. The smallest absolute Gasteiger partial charge is 0.423 e. The van der Waals surface area contributed by atoms with E-state index in [4.69, 9.17) is 13.7 Å². The van der Waals surface area contributed by atoms with Crippen molar-refractivity contribution in [2.45, 2.75) is 52.2 Å². The van der Waals surface area contributed by atoms with E-state index in [1.165, 1.54) is 5.56 Å². The Morgan fingerprint density at radius 3 is 2.26 bits per heavy atom. The number of rotatable bonds is 4. The minimum absolute atomic E-state index is 0.343. The summed E-state index contributed by atoms with van der Waals surface area (Å²) in [7, 11) is -0.360. The summed E-state index contributed by atoms with van der Waals surface area (Å²) in [6.45, 7) is 10.3. The molecule has 0 aliphatic carbocycles. The number of nitrogens with one attached hydrogen (secondary N) is 1. The lowest BCUT2D eigenvalue weighted by atomic mass is 9.79. The molecule has 5 nitrogen and oxygen atoms in total. The molecule has 0 saturated carbocycles. The zero-order valence-electron chi connectivity index (χ0n) is 16.5. The molecule has 0 unspecified atom stereocenters. The SMILES string of the molecule is CCc1ccc2oc(Nc3ccc(B4OC(C)(C)C(C)(C)O4)cc3)nc2c1. The standard InChI is InChI=1S/C21H25BN2O3/c1-6-14-7-12-18-17(13-14)24-19(25-18)23-16-10-8-15(9-11-16)22-26-20(2,3)21(4,5)27-22/h7-13H,6H2,1-5H3,(H,23,24). The van der Waals surface area contributed by atoms with E-state index in [1.54, 1.807) is 0 Å². The first-order valence-electron chi connectivity index (χ1n) is 9.39. The Bertz CT molecular complexity index is 947. The van der Waals surface area contributed by atoms with Crippen LogP contribution in [-0.4, -0.2) is 23.3 Å². The zero-order valence-corrected chi connectivity index (χ0v) is 16.5. The van der Waals surface area contributed by atoms with Crippen molar-refractivity contribution in [2.75, 3.05) is 5.32 Å². The highest BCUT2D eigenvalue weighted by Gasteiger charge is 2.51. The van der Waals surface area contributed by atoms with Crippen molar-refractivity contribution in [1.29, 1.82) is 0 Å². The Kier molecular flexibility index (Phi) is 4.28. The van der Waals surface area contributed by atoms with Gasteiger partial charge in [0.1, 0.15) is 5.52 Å². The summed E-state index contributed by atoms with van der Waals surface area (Å²) >= 11 is 0. The highest BCUT2D eigenvalue weighted by Crippen LogP contribution is 2.36. The van der Waals surface area contributed by atoms with Gasteiger partial charge >= 0.3 is 7.12 Å². The third-order valence-electron chi connectivity index (χ3n) is 5.55. The summed E-state index contributed by atoms with van der Waals surface area (Å²) in [5.41, 5.74) is 4.10. The number of benzene rings is 2. The van der Waals surface area contributed by atoms with Crippen LogP contribution in [0.3, 0.4) is 0 Å². The lowest BCUT2D eigenvalue weighted by Gasteiger charge is -2.32. The summed E-state index contributed by atoms with van der Waals surface area (Å²) in [6, 6.07) is 14.5. The number of hydrogen-bond donors (Lipinski definition) is 1. The molecule has 0 radical (unpaired) electrons. The van der Waals surface area contributed by atoms with E-state index in [9.17, 15) is 0 Å². The number of aromatic nitrogens is 1.